The molecule has 1 aliphatic carbocycles. The number of hydrogen-bond donors (Lipinski definition) is 1. The second kappa shape index (κ2) is 4.83. The highest BCUT2D eigenvalue weighted by Gasteiger charge is 2.42. The summed E-state index contributed by atoms with van der Waals surface area (Å²) >= 11 is 0. The van der Waals surface area contributed by atoms with Crippen LogP contribution in [0.4, 0.5) is 0 Å². The number of ether oxygens (including phenoxy) is 1. The van der Waals surface area contributed by atoms with Crippen molar-refractivity contribution in [3.05, 3.63) is 12.8 Å². The zero-order chi connectivity index (χ0) is 10.6. The molecule has 0 aromatic heterocycles. The summed E-state index contributed by atoms with van der Waals surface area (Å²) in [6.45, 7) is 7.51. The predicted octanol–water partition coefficient (Wildman–Crippen LogP) is 2.87. The first-order chi connectivity index (χ1) is 6.63. The summed E-state index contributed by atoms with van der Waals surface area (Å²) in [5.74, 6) is 0. The summed E-state index contributed by atoms with van der Waals surface area (Å²) in [6, 6.07) is 0. The molecule has 1 fully saturated rings. The number of aliphatic hydroxyl groups excluding tert-OH is 1. The van der Waals surface area contributed by atoms with Crippen LogP contribution in [0.25, 0.3) is 0 Å². The average Bonchev–Trinajstić information content (AvgIpc) is 2.19. The fraction of sp³-hybridized carbons (Fsp3) is 0.833. The zero-order valence-electron chi connectivity index (χ0n) is 9.33. The maximum Gasteiger partial charge on any atom is 0.103 e. The van der Waals surface area contributed by atoms with E-state index in [0.29, 0.717) is 0 Å². The van der Waals surface area contributed by atoms with Gasteiger partial charge in [-0.25, -0.2) is 0 Å². The van der Waals surface area contributed by atoms with Gasteiger partial charge in [0.25, 0.3) is 0 Å². The van der Waals surface area contributed by atoms with Gasteiger partial charge in [-0.3, -0.25) is 0 Å². The van der Waals surface area contributed by atoms with Gasteiger partial charge in [-0.2, -0.15) is 0 Å². The van der Waals surface area contributed by atoms with E-state index >= 15 is 0 Å². The number of aliphatic hydroxyl groups is 1. The fourth-order valence-corrected chi connectivity index (χ4v) is 2.65. The molecule has 1 N–H and O–H groups in total. The molecule has 0 spiro atoms. The zero-order valence-corrected chi connectivity index (χ0v) is 9.33. The highest BCUT2D eigenvalue weighted by atomic mass is 16.5. The lowest BCUT2D eigenvalue weighted by Crippen LogP contribution is -2.44. The van der Waals surface area contributed by atoms with Crippen molar-refractivity contribution in [1.82, 2.24) is 0 Å². The van der Waals surface area contributed by atoms with Crippen LogP contribution < -0.4 is 0 Å². The lowest BCUT2D eigenvalue weighted by atomic mass is 9.67. The second-order valence-electron chi connectivity index (χ2n) is 4.41. The topological polar surface area (TPSA) is 29.5 Å². The van der Waals surface area contributed by atoms with E-state index in [4.69, 9.17) is 4.74 Å². The highest BCUT2D eigenvalue weighted by molar-refractivity contribution is 4.92. The molecule has 0 aromatic carbocycles. The standard InChI is InChI=1S/C12H22O2/c1-4-14-11(3)12(10(2)13)8-6-5-7-9-12/h4,10-11,13H,1,5-9H2,2-3H3. The first-order valence-electron chi connectivity index (χ1n) is 5.58. The van der Waals surface area contributed by atoms with Crippen molar-refractivity contribution in [3.8, 4) is 0 Å². The third-order valence-electron chi connectivity index (χ3n) is 3.73. The Morgan fingerprint density at radius 1 is 1.29 bits per heavy atom. The molecule has 2 nitrogen and oxygen atoms in total. The van der Waals surface area contributed by atoms with Crippen LogP contribution in [-0.4, -0.2) is 17.3 Å². The van der Waals surface area contributed by atoms with Gasteiger partial charge in [0.15, 0.2) is 0 Å². The lowest BCUT2D eigenvalue weighted by Gasteiger charge is -2.43. The van der Waals surface area contributed by atoms with Crippen molar-refractivity contribution < 1.29 is 9.84 Å². The van der Waals surface area contributed by atoms with Crippen molar-refractivity contribution in [2.45, 2.75) is 58.2 Å². The van der Waals surface area contributed by atoms with Crippen molar-refractivity contribution in [1.29, 1.82) is 0 Å². The Hall–Kier alpha value is -0.500. The van der Waals surface area contributed by atoms with Gasteiger partial charge in [0.1, 0.15) is 6.10 Å². The predicted molar refractivity (Wildman–Crippen MR) is 57.9 cm³/mol. The van der Waals surface area contributed by atoms with Gasteiger partial charge in [0, 0.05) is 5.41 Å². The average molecular weight is 198 g/mol. The van der Waals surface area contributed by atoms with Gasteiger partial charge >= 0.3 is 0 Å². The van der Waals surface area contributed by atoms with Crippen LogP contribution in [-0.2, 0) is 4.74 Å². The fourth-order valence-electron chi connectivity index (χ4n) is 2.65. The monoisotopic (exact) mass is 198 g/mol. The lowest BCUT2D eigenvalue weighted by molar-refractivity contribution is -0.0812. The molecule has 14 heavy (non-hydrogen) atoms. The van der Waals surface area contributed by atoms with Crippen LogP contribution in [0, 0.1) is 5.41 Å². The Morgan fingerprint density at radius 3 is 2.29 bits per heavy atom. The smallest absolute Gasteiger partial charge is 0.103 e. The van der Waals surface area contributed by atoms with E-state index in [0.717, 1.165) is 12.8 Å². The molecule has 0 saturated heterocycles. The minimum atomic E-state index is -0.294. The van der Waals surface area contributed by atoms with E-state index < -0.39 is 0 Å². The van der Waals surface area contributed by atoms with Crippen LogP contribution in [0.2, 0.25) is 0 Å². The SMILES string of the molecule is C=COC(C)C1(C(C)O)CCCCC1. The molecule has 1 saturated carbocycles. The summed E-state index contributed by atoms with van der Waals surface area (Å²) in [7, 11) is 0. The summed E-state index contributed by atoms with van der Waals surface area (Å²) in [4.78, 5) is 0. The van der Waals surface area contributed by atoms with Gasteiger partial charge in [-0.05, 0) is 26.7 Å². The molecule has 0 bridgehead atoms. The third-order valence-corrected chi connectivity index (χ3v) is 3.73. The molecule has 2 heteroatoms. The first kappa shape index (κ1) is 11.6. The molecule has 2 unspecified atom stereocenters. The highest BCUT2D eigenvalue weighted by Crippen LogP contribution is 2.43. The normalized spacial score (nSPS) is 25.1. The molecule has 0 aromatic rings. The Labute approximate surface area is 87.0 Å². The van der Waals surface area contributed by atoms with Crippen molar-refractivity contribution >= 4 is 0 Å². The van der Waals surface area contributed by atoms with Crippen molar-refractivity contribution in [2.24, 2.45) is 5.41 Å². The molecule has 0 heterocycles. The van der Waals surface area contributed by atoms with Gasteiger partial charge in [-0.1, -0.05) is 25.8 Å². The van der Waals surface area contributed by atoms with Gasteiger partial charge in [0.05, 0.1) is 12.4 Å². The van der Waals surface area contributed by atoms with Crippen LogP contribution >= 0.6 is 0 Å². The van der Waals surface area contributed by atoms with E-state index in [-0.39, 0.29) is 17.6 Å². The molecular formula is C12H22O2. The van der Waals surface area contributed by atoms with Crippen molar-refractivity contribution in [3.63, 3.8) is 0 Å². The van der Waals surface area contributed by atoms with E-state index in [1.165, 1.54) is 25.5 Å². The minimum absolute atomic E-state index is 0.0492. The van der Waals surface area contributed by atoms with Gasteiger partial charge < -0.3 is 9.84 Å². The molecule has 0 radical (unpaired) electrons. The van der Waals surface area contributed by atoms with E-state index in [1.54, 1.807) is 0 Å². The molecular weight excluding hydrogens is 176 g/mol. The Morgan fingerprint density at radius 2 is 1.86 bits per heavy atom. The summed E-state index contributed by atoms with van der Waals surface area (Å²) < 4.78 is 5.45. The Bertz CT molecular complexity index is 181. The largest absolute Gasteiger partial charge is 0.498 e. The molecule has 1 rings (SSSR count). The summed E-state index contributed by atoms with van der Waals surface area (Å²) in [6.07, 6.45) is 7.10. The van der Waals surface area contributed by atoms with Gasteiger partial charge in [-0.15, -0.1) is 0 Å². The third kappa shape index (κ3) is 2.11. The number of hydrogen-bond acceptors (Lipinski definition) is 2. The number of rotatable bonds is 4. The maximum absolute atomic E-state index is 9.91. The van der Waals surface area contributed by atoms with E-state index in [9.17, 15) is 5.11 Å². The van der Waals surface area contributed by atoms with Crippen LogP contribution in [0.15, 0.2) is 12.8 Å². The van der Waals surface area contributed by atoms with E-state index in [2.05, 4.69) is 6.58 Å². The summed E-state index contributed by atoms with van der Waals surface area (Å²) in [5, 5.41) is 9.91. The molecule has 1 aliphatic rings. The van der Waals surface area contributed by atoms with Crippen LogP contribution in [0.5, 0.6) is 0 Å². The molecule has 0 aliphatic heterocycles. The molecule has 2 atom stereocenters. The van der Waals surface area contributed by atoms with Crippen LogP contribution in [0.1, 0.15) is 46.0 Å². The Balaban J connectivity index is 2.73. The quantitative estimate of drug-likeness (QED) is 0.704. The van der Waals surface area contributed by atoms with Crippen molar-refractivity contribution in [2.75, 3.05) is 0 Å². The minimum Gasteiger partial charge on any atom is -0.498 e. The Kier molecular flexibility index (Phi) is 3.99. The summed E-state index contributed by atoms with van der Waals surface area (Å²) in [5.41, 5.74) is -0.0492. The van der Waals surface area contributed by atoms with Crippen LogP contribution in [0.3, 0.4) is 0 Å². The molecule has 0 amide bonds. The second-order valence-corrected chi connectivity index (χ2v) is 4.41. The van der Waals surface area contributed by atoms with Gasteiger partial charge in [0.2, 0.25) is 0 Å². The maximum atomic E-state index is 9.91. The van der Waals surface area contributed by atoms with E-state index in [1.807, 2.05) is 13.8 Å². The first-order valence-corrected chi connectivity index (χ1v) is 5.58. The molecule has 82 valence electrons.